The van der Waals surface area contributed by atoms with Crippen LogP contribution in [0.2, 0.25) is 0 Å². The van der Waals surface area contributed by atoms with E-state index in [1.165, 1.54) is 43.7 Å². The summed E-state index contributed by atoms with van der Waals surface area (Å²) in [5.41, 5.74) is 1.10. The van der Waals surface area contributed by atoms with Crippen LogP contribution in [0.25, 0.3) is 0 Å². The standard InChI is InChI=1S/C18H28N6O2/c1-13-12-24-14-15(21(2)18(26)20-16(14)25)19-17(24)23(13)11-7-10-22-8-5-3-4-6-9-22/h12,14-15H,3-11H2,1-2H3,(H,20,25,26). The second-order valence-corrected chi connectivity index (χ2v) is 7.63. The van der Waals surface area contributed by atoms with E-state index in [-0.39, 0.29) is 11.9 Å². The number of carbonyl (C=O) groups is 2. The first kappa shape index (κ1) is 17.3. The van der Waals surface area contributed by atoms with Crippen LogP contribution in [0, 0.1) is 0 Å². The number of likely N-dealkylation sites (N-methyl/N-ethyl adjacent to an activating group) is 1. The highest BCUT2D eigenvalue weighted by Crippen LogP contribution is 2.31. The lowest BCUT2D eigenvalue weighted by molar-refractivity contribution is -0.126. The van der Waals surface area contributed by atoms with Crippen LogP contribution >= 0.6 is 0 Å². The molecule has 0 radical (unpaired) electrons. The van der Waals surface area contributed by atoms with Gasteiger partial charge >= 0.3 is 6.03 Å². The molecule has 8 nitrogen and oxygen atoms in total. The van der Waals surface area contributed by atoms with Crippen molar-refractivity contribution in [2.24, 2.45) is 4.99 Å². The van der Waals surface area contributed by atoms with Gasteiger partial charge in [-0.3, -0.25) is 10.1 Å². The van der Waals surface area contributed by atoms with Crippen molar-refractivity contribution in [2.45, 2.75) is 51.2 Å². The molecule has 2 atom stereocenters. The normalized spacial score (nSPS) is 29.2. The molecule has 4 heterocycles. The van der Waals surface area contributed by atoms with Crippen molar-refractivity contribution in [1.29, 1.82) is 0 Å². The lowest BCUT2D eigenvalue weighted by atomic mass is 10.1. The number of allylic oxidation sites excluding steroid dienone is 1. The molecule has 26 heavy (non-hydrogen) atoms. The van der Waals surface area contributed by atoms with Crippen molar-refractivity contribution >= 4 is 17.9 Å². The van der Waals surface area contributed by atoms with Crippen molar-refractivity contribution in [3.8, 4) is 0 Å². The second kappa shape index (κ2) is 6.90. The minimum atomic E-state index is -0.460. The monoisotopic (exact) mass is 360 g/mol. The van der Waals surface area contributed by atoms with Gasteiger partial charge in [-0.05, 0) is 45.8 Å². The minimum Gasteiger partial charge on any atom is -0.315 e. The molecule has 2 saturated heterocycles. The molecule has 0 aliphatic carbocycles. The highest BCUT2D eigenvalue weighted by Gasteiger charge is 2.51. The van der Waals surface area contributed by atoms with E-state index in [4.69, 9.17) is 4.99 Å². The number of carbonyl (C=O) groups excluding carboxylic acids is 2. The number of aliphatic imine (C=N–C) groups is 1. The van der Waals surface area contributed by atoms with Crippen LogP contribution in [0.15, 0.2) is 16.9 Å². The number of rotatable bonds is 4. The summed E-state index contributed by atoms with van der Waals surface area (Å²) in [4.78, 5) is 37.1. The fourth-order valence-corrected chi connectivity index (χ4v) is 4.34. The predicted octanol–water partition coefficient (Wildman–Crippen LogP) is 0.977. The summed E-state index contributed by atoms with van der Waals surface area (Å²) in [6.07, 6.45) is 7.93. The molecule has 0 aromatic carbocycles. The Kier molecular flexibility index (Phi) is 4.60. The molecule has 8 heteroatoms. The number of guanidine groups is 1. The zero-order valence-electron chi connectivity index (χ0n) is 15.6. The summed E-state index contributed by atoms with van der Waals surface area (Å²) >= 11 is 0. The Morgan fingerprint density at radius 3 is 2.62 bits per heavy atom. The molecular formula is C18H28N6O2. The minimum absolute atomic E-state index is 0.271. The highest BCUT2D eigenvalue weighted by molar-refractivity contribution is 6.04. The Bertz CT molecular complexity index is 652. The van der Waals surface area contributed by atoms with Gasteiger partial charge in [0.15, 0.2) is 12.2 Å². The van der Waals surface area contributed by atoms with Gasteiger partial charge in [0.1, 0.15) is 0 Å². The maximum atomic E-state index is 12.3. The number of urea groups is 1. The quantitative estimate of drug-likeness (QED) is 0.809. The molecule has 0 aromatic rings. The van der Waals surface area contributed by atoms with Gasteiger partial charge in [0.2, 0.25) is 5.96 Å². The van der Waals surface area contributed by atoms with Gasteiger partial charge in [-0.1, -0.05) is 12.8 Å². The number of hydrogen-bond donors (Lipinski definition) is 1. The third-order valence-electron chi connectivity index (χ3n) is 5.82. The molecule has 0 bridgehead atoms. The summed E-state index contributed by atoms with van der Waals surface area (Å²) in [6.45, 7) is 6.45. The topological polar surface area (TPSA) is 71.5 Å². The van der Waals surface area contributed by atoms with E-state index in [1.807, 2.05) is 11.1 Å². The number of hydrogen-bond acceptors (Lipinski definition) is 6. The lowest BCUT2D eigenvalue weighted by Gasteiger charge is -2.34. The van der Waals surface area contributed by atoms with Crippen LogP contribution in [0.1, 0.15) is 39.0 Å². The van der Waals surface area contributed by atoms with Crippen molar-refractivity contribution in [2.75, 3.05) is 33.2 Å². The molecule has 1 N–H and O–H groups in total. The molecular weight excluding hydrogens is 332 g/mol. The first-order valence-electron chi connectivity index (χ1n) is 9.68. The molecule has 3 amide bonds. The van der Waals surface area contributed by atoms with Crippen LogP contribution < -0.4 is 5.32 Å². The van der Waals surface area contributed by atoms with Crippen molar-refractivity contribution in [3.05, 3.63) is 11.9 Å². The summed E-state index contributed by atoms with van der Waals surface area (Å²) < 4.78 is 0. The number of nitrogens with one attached hydrogen (secondary N) is 1. The van der Waals surface area contributed by atoms with E-state index in [0.717, 1.165) is 31.2 Å². The van der Waals surface area contributed by atoms with Gasteiger partial charge in [0.05, 0.1) is 0 Å². The largest absolute Gasteiger partial charge is 0.325 e. The first-order chi connectivity index (χ1) is 12.6. The van der Waals surface area contributed by atoms with Crippen LogP contribution in [-0.4, -0.2) is 82.9 Å². The Morgan fingerprint density at radius 2 is 1.88 bits per heavy atom. The SMILES string of the molecule is CC1=CN2C(=NC3C2C(=O)NC(=O)N3C)N1CCCN1CCCCCC1. The van der Waals surface area contributed by atoms with E-state index < -0.39 is 12.2 Å². The number of imide groups is 1. The summed E-state index contributed by atoms with van der Waals surface area (Å²) in [7, 11) is 1.69. The second-order valence-electron chi connectivity index (χ2n) is 7.63. The van der Waals surface area contributed by atoms with E-state index in [0.29, 0.717) is 0 Å². The van der Waals surface area contributed by atoms with E-state index >= 15 is 0 Å². The molecule has 2 unspecified atom stereocenters. The smallest absolute Gasteiger partial charge is 0.315 e. The Morgan fingerprint density at radius 1 is 1.15 bits per heavy atom. The Balaban J connectivity index is 1.41. The number of likely N-dealkylation sites (tertiary alicyclic amines) is 1. The summed E-state index contributed by atoms with van der Waals surface area (Å²) in [6, 6.07) is -0.839. The predicted molar refractivity (Wildman–Crippen MR) is 98.1 cm³/mol. The van der Waals surface area contributed by atoms with Crippen LogP contribution in [-0.2, 0) is 4.79 Å². The zero-order chi connectivity index (χ0) is 18.3. The van der Waals surface area contributed by atoms with Crippen LogP contribution in [0.3, 0.4) is 0 Å². The van der Waals surface area contributed by atoms with Gasteiger partial charge in [0.25, 0.3) is 5.91 Å². The molecule has 0 saturated carbocycles. The van der Waals surface area contributed by atoms with E-state index in [1.54, 1.807) is 7.05 Å². The highest BCUT2D eigenvalue weighted by atomic mass is 16.2. The average Bonchev–Trinajstić information content (AvgIpc) is 2.97. The molecule has 4 rings (SSSR count). The van der Waals surface area contributed by atoms with Gasteiger partial charge in [-0.2, -0.15) is 0 Å². The third-order valence-corrected chi connectivity index (χ3v) is 5.82. The van der Waals surface area contributed by atoms with E-state index in [9.17, 15) is 9.59 Å². The maximum absolute atomic E-state index is 12.3. The molecule has 2 fully saturated rings. The summed E-state index contributed by atoms with van der Waals surface area (Å²) in [5, 5.41) is 2.41. The number of amides is 3. The van der Waals surface area contributed by atoms with Gasteiger partial charge in [0, 0.05) is 25.5 Å². The Labute approximate surface area is 154 Å². The molecule has 4 aliphatic rings. The maximum Gasteiger partial charge on any atom is 0.325 e. The van der Waals surface area contributed by atoms with Crippen molar-refractivity contribution in [1.82, 2.24) is 24.9 Å². The molecule has 142 valence electrons. The van der Waals surface area contributed by atoms with Gasteiger partial charge < -0.3 is 19.6 Å². The Hall–Kier alpha value is -2.09. The summed E-state index contributed by atoms with van der Waals surface area (Å²) in [5.74, 6) is 0.525. The average molecular weight is 360 g/mol. The molecule has 4 aliphatic heterocycles. The van der Waals surface area contributed by atoms with Gasteiger partial charge in [-0.15, -0.1) is 0 Å². The molecule has 0 spiro atoms. The number of fused-ring (bicyclic) bond motifs is 3. The van der Waals surface area contributed by atoms with Crippen molar-refractivity contribution < 1.29 is 9.59 Å². The fourth-order valence-electron chi connectivity index (χ4n) is 4.34. The molecule has 0 aromatic heterocycles. The fraction of sp³-hybridized carbons (Fsp3) is 0.722. The van der Waals surface area contributed by atoms with E-state index in [2.05, 4.69) is 22.0 Å². The van der Waals surface area contributed by atoms with Gasteiger partial charge in [-0.25, -0.2) is 9.79 Å². The van der Waals surface area contributed by atoms with Crippen LogP contribution in [0.5, 0.6) is 0 Å². The van der Waals surface area contributed by atoms with Crippen molar-refractivity contribution in [3.63, 3.8) is 0 Å². The lowest BCUT2D eigenvalue weighted by Crippen LogP contribution is -2.62. The zero-order valence-corrected chi connectivity index (χ0v) is 15.6. The van der Waals surface area contributed by atoms with Crippen LogP contribution in [0.4, 0.5) is 4.79 Å². The first-order valence-corrected chi connectivity index (χ1v) is 9.68. The third kappa shape index (κ3) is 2.96. The number of nitrogens with zero attached hydrogens (tertiary/aromatic N) is 5.